The Bertz CT molecular complexity index is 397. The number of nitrogens with one attached hydrogen (secondary N) is 1. The Labute approximate surface area is 109 Å². The molecule has 2 rings (SSSR count). The first kappa shape index (κ1) is 13.1. The van der Waals surface area contributed by atoms with E-state index >= 15 is 0 Å². The molecule has 1 N–H and O–H groups in total. The van der Waals surface area contributed by atoms with Gasteiger partial charge in [-0.15, -0.1) is 0 Å². The lowest BCUT2D eigenvalue weighted by atomic mass is 9.96. The zero-order chi connectivity index (χ0) is 12.8. The summed E-state index contributed by atoms with van der Waals surface area (Å²) in [5, 5.41) is 2.99. The van der Waals surface area contributed by atoms with Gasteiger partial charge in [0.15, 0.2) is 0 Å². The summed E-state index contributed by atoms with van der Waals surface area (Å²) in [4.78, 5) is 11.8. The van der Waals surface area contributed by atoms with E-state index in [9.17, 15) is 4.79 Å². The fraction of sp³-hybridized carbons (Fsp3) is 0.533. The van der Waals surface area contributed by atoms with Crippen molar-refractivity contribution in [2.75, 3.05) is 13.2 Å². The summed E-state index contributed by atoms with van der Waals surface area (Å²) in [6.45, 7) is 4.29. The molecule has 0 aliphatic carbocycles. The number of carbonyl (C=O) groups excluding carboxylic acids is 1. The minimum Gasteiger partial charge on any atom is -0.381 e. The van der Waals surface area contributed by atoms with Crippen LogP contribution in [0, 0.1) is 12.8 Å². The van der Waals surface area contributed by atoms with Crippen molar-refractivity contribution < 1.29 is 9.53 Å². The Hall–Kier alpha value is -1.35. The molecule has 3 heteroatoms. The zero-order valence-electron chi connectivity index (χ0n) is 10.9. The van der Waals surface area contributed by atoms with Crippen LogP contribution in [0.25, 0.3) is 0 Å². The molecule has 0 bridgehead atoms. The predicted molar refractivity (Wildman–Crippen MR) is 71.2 cm³/mol. The number of benzene rings is 1. The number of hydrogen-bond acceptors (Lipinski definition) is 2. The molecule has 1 aromatic carbocycles. The minimum absolute atomic E-state index is 0.156. The molecule has 0 atom stereocenters. The Morgan fingerprint density at radius 3 is 2.89 bits per heavy atom. The van der Waals surface area contributed by atoms with Crippen LogP contribution in [0.3, 0.4) is 0 Å². The van der Waals surface area contributed by atoms with Gasteiger partial charge < -0.3 is 10.1 Å². The van der Waals surface area contributed by atoms with Crippen LogP contribution in [0.1, 0.15) is 30.4 Å². The van der Waals surface area contributed by atoms with E-state index in [1.165, 1.54) is 5.56 Å². The standard InChI is InChI=1S/C15H21NO2/c1-12-3-2-4-14(9-12)11-16-15(17)10-13-5-7-18-8-6-13/h2-4,9,13H,5-8,10-11H2,1H3,(H,16,17). The highest BCUT2D eigenvalue weighted by molar-refractivity contribution is 5.76. The van der Waals surface area contributed by atoms with E-state index in [0.717, 1.165) is 31.6 Å². The molecule has 1 fully saturated rings. The monoisotopic (exact) mass is 247 g/mol. The van der Waals surface area contributed by atoms with Crippen LogP contribution in [0.2, 0.25) is 0 Å². The molecule has 1 aliphatic rings. The van der Waals surface area contributed by atoms with E-state index in [1.807, 2.05) is 12.1 Å². The average Bonchev–Trinajstić information content (AvgIpc) is 2.38. The van der Waals surface area contributed by atoms with E-state index in [4.69, 9.17) is 4.74 Å². The largest absolute Gasteiger partial charge is 0.381 e. The van der Waals surface area contributed by atoms with Gasteiger partial charge in [-0.2, -0.15) is 0 Å². The number of amides is 1. The maximum atomic E-state index is 11.8. The average molecular weight is 247 g/mol. The van der Waals surface area contributed by atoms with E-state index in [2.05, 4.69) is 24.4 Å². The van der Waals surface area contributed by atoms with Gasteiger partial charge in [-0.05, 0) is 31.2 Å². The zero-order valence-corrected chi connectivity index (χ0v) is 10.9. The third kappa shape index (κ3) is 4.15. The third-order valence-electron chi connectivity index (χ3n) is 3.39. The van der Waals surface area contributed by atoms with Gasteiger partial charge in [0.05, 0.1) is 0 Å². The van der Waals surface area contributed by atoms with Crippen molar-refractivity contribution in [2.45, 2.75) is 32.7 Å². The van der Waals surface area contributed by atoms with Crippen molar-refractivity contribution in [2.24, 2.45) is 5.92 Å². The van der Waals surface area contributed by atoms with E-state index in [-0.39, 0.29) is 5.91 Å². The van der Waals surface area contributed by atoms with Crippen molar-refractivity contribution in [1.82, 2.24) is 5.32 Å². The first-order valence-electron chi connectivity index (χ1n) is 6.64. The van der Waals surface area contributed by atoms with Crippen LogP contribution in [0.5, 0.6) is 0 Å². The van der Waals surface area contributed by atoms with Crippen LogP contribution < -0.4 is 5.32 Å². The normalized spacial score (nSPS) is 16.5. The van der Waals surface area contributed by atoms with Gasteiger partial charge in [-0.25, -0.2) is 0 Å². The second-order valence-corrected chi connectivity index (χ2v) is 5.03. The number of carbonyl (C=O) groups is 1. The van der Waals surface area contributed by atoms with Crippen molar-refractivity contribution in [3.8, 4) is 0 Å². The first-order chi connectivity index (χ1) is 8.74. The number of ether oxygens (including phenoxy) is 1. The maximum absolute atomic E-state index is 11.8. The predicted octanol–water partition coefficient (Wildman–Crippen LogP) is 2.43. The quantitative estimate of drug-likeness (QED) is 0.887. The van der Waals surface area contributed by atoms with Crippen LogP contribution in [0.15, 0.2) is 24.3 Å². The molecular formula is C15H21NO2. The Balaban J connectivity index is 1.74. The smallest absolute Gasteiger partial charge is 0.220 e. The molecule has 0 aromatic heterocycles. The van der Waals surface area contributed by atoms with Gasteiger partial charge in [-0.1, -0.05) is 29.8 Å². The third-order valence-corrected chi connectivity index (χ3v) is 3.39. The van der Waals surface area contributed by atoms with E-state index in [0.29, 0.717) is 18.9 Å². The number of aryl methyl sites for hydroxylation is 1. The number of hydrogen-bond donors (Lipinski definition) is 1. The van der Waals surface area contributed by atoms with Crippen LogP contribution in [-0.2, 0) is 16.1 Å². The Morgan fingerprint density at radius 1 is 1.39 bits per heavy atom. The van der Waals surface area contributed by atoms with Crippen molar-refractivity contribution in [3.05, 3.63) is 35.4 Å². The summed E-state index contributed by atoms with van der Waals surface area (Å²) in [6, 6.07) is 8.24. The van der Waals surface area contributed by atoms with E-state index < -0.39 is 0 Å². The summed E-state index contributed by atoms with van der Waals surface area (Å²) in [5.74, 6) is 0.652. The summed E-state index contributed by atoms with van der Waals surface area (Å²) < 4.78 is 5.29. The highest BCUT2D eigenvalue weighted by atomic mass is 16.5. The second kappa shape index (κ2) is 6.55. The van der Waals surface area contributed by atoms with Gasteiger partial charge in [0.1, 0.15) is 0 Å². The van der Waals surface area contributed by atoms with Gasteiger partial charge in [0.25, 0.3) is 0 Å². The van der Waals surface area contributed by atoms with Gasteiger partial charge in [0, 0.05) is 26.2 Å². The SMILES string of the molecule is Cc1cccc(CNC(=O)CC2CCOCC2)c1. The molecular weight excluding hydrogens is 226 g/mol. The lowest BCUT2D eigenvalue weighted by Crippen LogP contribution is -2.27. The van der Waals surface area contributed by atoms with Crippen molar-refractivity contribution >= 4 is 5.91 Å². The second-order valence-electron chi connectivity index (χ2n) is 5.03. The lowest BCUT2D eigenvalue weighted by Gasteiger charge is -2.21. The fourth-order valence-corrected chi connectivity index (χ4v) is 2.31. The lowest BCUT2D eigenvalue weighted by molar-refractivity contribution is -0.122. The molecule has 98 valence electrons. The Morgan fingerprint density at radius 2 is 2.17 bits per heavy atom. The van der Waals surface area contributed by atoms with Gasteiger partial charge >= 0.3 is 0 Å². The molecule has 1 aliphatic heterocycles. The highest BCUT2D eigenvalue weighted by Crippen LogP contribution is 2.18. The van der Waals surface area contributed by atoms with Gasteiger partial charge in [-0.3, -0.25) is 4.79 Å². The molecule has 18 heavy (non-hydrogen) atoms. The molecule has 0 unspecified atom stereocenters. The minimum atomic E-state index is 0.156. The van der Waals surface area contributed by atoms with E-state index in [1.54, 1.807) is 0 Å². The summed E-state index contributed by atoms with van der Waals surface area (Å²) in [7, 11) is 0. The molecule has 1 saturated heterocycles. The molecule has 0 radical (unpaired) electrons. The van der Waals surface area contributed by atoms with Crippen LogP contribution in [0.4, 0.5) is 0 Å². The molecule has 0 spiro atoms. The van der Waals surface area contributed by atoms with Crippen LogP contribution in [-0.4, -0.2) is 19.1 Å². The first-order valence-corrected chi connectivity index (χ1v) is 6.64. The highest BCUT2D eigenvalue weighted by Gasteiger charge is 2.16. The molecule has 3 nitrogen and oxygen atoms in total. The molecule has 0 saturated carbocycles. The molecule has 1 amide bonds. The topological polar surface area (TPSA) is 38.3 Å². The molecule has 1 aromatic rings. The maximum Gasteiger partial charge on any atom is 0.220 e. The number of rotatable bonds is 4. The van der Waals surface area contributed by atoms with Crippen LogP contribution >= 0.6 is 0 Å². The summed E-state index contributed by atoms with van der Waals surface area (Å²) in [6.07, 6.45) is 2.66. The summed E-state index contributed by atoms with van der Waals surface area (Å²) in [5.41, 5.74) is 2.39. The summed E-state index contributed by atoms with van der Waals surface area (Å²) >= 11 is 0. The van der Waals surface area contributed by atoms with Crippen molar-refractivity contribution in [1.29, 1.82) is 0 Å². The fourth-order valence-electron chi connectivity index (χ4n) is 2.31. The van der Waals surface area contributed by atoms with Crippen molar-refractivity contribution in [3.63, 3.8) is 0 Å². The van der Waals surface area contributed by atoms with Gasteiger partial charge in [0.2, 0.25) is 5.91 Å². The molecule has 1 heterocycles. The Kier molecular flexibility index (Phi) is 4.76.